The predicted octanol–water partition coefficient (Wildman–Crippen LogP) is -1.58. The van der Waals surface area contributed by atoms with E-state index in [1.807, 2.05) is 0 Å². The van der Waals surface area contributed by atoms with Gasteiger partial charge in [-0.1, -0.05) is 0 Å². The van der Waals surface area contributed by atoms with Crippen molar-refractivity contribution >= 4 is 5.97 Å². The minimum Gasteiger partial charge on any atom is -0.480 e. The van der Waals surface area contributed by atoms with Crippen LogP contribution in [0.5, 0.6) is 0 Å². The van der Waals surface area contributed by atoms with Gasteiger partial charge in [0.25, 0.3) is 0 Å². The van der Waals surface area contributed by atoms with Gasteiger partial charge < -0.3 is 14.9 Å². The van der Waals surface area contributed by atoms with Gasteiger partial charge in [-0.15, -0.1) is 0 Å². The molecule has 0 aromatic rings. The fourth-order valence-electron chi connectivity index (χ4n) is 1.22. The van der Waals surface area contributed by atoms with Crippen LogP contribution in [0.15, 0.2) is 0 Å². The minimum atomic E-state index is -0.992. The number of hydrogen-bond acceptors (Lipinski definition) is 4. The van der Waals surface area contributed by atoms with Gasteiger partial charge in [0.05, 0.1) is 6.10 Å². The quantitative estimate of drug-likeness (QED) is 0.455. The van der Waals surface area contributed by atoms with E-state index in [-0.39, 0.29) is 6.54 Å². The third kappa shape index (κ3) is 1.50. The van der Waals surface area contributed by atoms with E-state index in [0.717, 1.165) is 0 Å². The Morgan fingerprint density at radius 3 is 2.73 bits per heavy atom. The normalized spacial score (nSPS) is 37.5. The number of methoxy groups -OCH3 is 1. The van der Waals surface area contributed by atoms with Gasteiger partial charge in [-0.25, -0.2) is 0 Å². The van der Waals surface area contributed by atoms with Crippen LogP contribution in [0.25, 0.3) is 0 Å². The van der Waals surface area contributed by atoms with Gasteiger partial charge >= 0.3 is 5.97 Å². The van der Waals surface area contributed by atoms with Crippen molar-refractivity contribution in [2.45, 2.75) is 18.2 Å². The predicted molar refractivity (Wildman–Crippen MR) is 36.2 cm³/mol. The topological polar surface area (TPSA) is 78.8 Å². The summed E-state index contributed by atoms with van der Waals surface area (Å²) in [5.74, 6) is -0.992. The summed E-state index contributed by atoms with van der Waals surface area (Å²) in [6, 6.07) is -0.782. The van der Waals surface area contributed by atoms with Crippen LogP contribution in [0.4, 0.5) is 0 Å². The summed E-state index contributed by atoms with van der Waals surface area (Å²) in [5, 5.41) is 20.4. The van der Waals surface area contributed by atoms with E-state index in [0.29, 0.717) is 0 Å². The molecule has 0 aromatic heterocycles. The summed E-state index contributed by atoms with van der Waals surface area (Å²) in [5.41, 5.74) is 0. The summed E-state index contributed by atoms with van der Waals surface area (Å²) in [7, 11) is 1.39. The number of aliphatic carboxylic acids is 1. The summed E-state index contributed by atoms with van der Waals surface area (Å²) < 4.78 is 4.80. The second-order valence-corrected chi connectivity index (χ2v) is 2.49. The van der Waals surface area contributed by atoms with Crippen molar-refractivity contribution in [3.8, 4) is 0 Å². The van der Waals surface area contributed by atoms with Gasteiger partial charge in [-0.2, -0.15) is 0 Å². The van der Waals surface area contributed by atoms with Crippen LogP contribution < -0.4 is 5.32 Å². The highest BCUT2D eigenvalue weighted by atomic mass is 16.5. The Balaban J connectivity index is 2.61. The summed E-state index contributed by atoms with van der Waals surface area (Å²) in [6.07, 6.45) is -1.35. The van der Waals surface area contributed by atoms with E-state index in [1.54, 1.807) is 0 Å². The number of carboxylic acids is 1. The van der Waals surface area contributed by atoms with E-state index in [9.17, 15) is 4.79 Å². The van der Waals surface area contributed by atoms with Crippen LogP contribution >= 0.6 is 0 Å². The lowest BCUT2D eigenvalue weighted by Gasteiger charge is -2.15. The molecule has 0 aliphatic carbocycles. The average molecular weight is 161 g/mol. The molecule has 1 rings (SSSR count). The molecule has 1 heterocycles. The van der Waals surface area contributed by atoms with Crippen molar-refractivity contribution in [2.24, 2.45) is 0 Å². The Morgan fingerprint density at radius 2 is 2.36 bits per heavy atom. The van der Waals surface area contributed by atoms with Crippen LogP contribution in [-0.2, 0) is 9.53 Å². The molecule has 3 atom stereocenters. The second kappa shape index (κ2) is 3.17. The van der Waals surface area contributed by atoms with Crippen molar-refractivity contribution in [3.63, 3.8) is 0 Å². The molecule has 0 unspecified atom stereocenters. The molecule has 0 bridgehead atoms. The molecule has 0 radical (unpaired) electrons. The van der Waals surface area contributed by atoms with Crippen LogP contribution in [0.1, 0.15) is 0 Å². The number of carbonyl (C=O) groups is 1. The van der Waals surface area contributed by atoms with Gasteiger partial charge in [-0.3, -0.25) is 10.1 Å². The Hall–Kier alpha value is -0.650. The van der Waals surface area contributed by atoms with Gasteiger partial charge in [0, 0.05) is 13.7 Å². The molecule has 0 spiro atoms. The maximum absolute atomic E-state index is 10.5. The molecule has 5 heteroatoms. The lowest BCUT2D eigenvalue weighted by molar-refractivity contribution is -0.143. The number of aliphatic hydroxyl groups is 1. The molecule has 3 N–H and O–H groups in total. The molecule has 5 nitrogen and oxygen atoms in total. The number of aliphatic hydroxyl groups excluding tert-OH is 1. The fraction of sp³-hybridized carbons (Fsp3) is 0.833. The Kier molecular flexibility index (Phi) is 2.43. The SMILES string of the molecule is CO[C@@H]1[C@H](O)CN[C@@H]1C(=O)O. The van der Waals surface area contributed by atoms with Gasteiger partial charge in [-0.05, 0) is 0 Å². The molecular formula is C6H11NO4. The largest absolute Gasteiger partial charge is 0.480 e. The van der Waals surface area contributed by atoms with Crippen LogP contribution in [0, 0.1) is 0 Å². The van der Waals surface area contributed by atoms with Crippen molar-refractivity contribution in [3.05, 3.63) is 0 Å². The van der Waals surface area contributed by atoms with Crippen LogP contribution in [0.3, 0.4) is 0 Å². The third-order valence-corrected chi connectivity index (χ3v) is 1.79. The first-order valence-electron chi connectivity index (χ1n) is 3.34. The summed E-state index contributed by atoms with van der Waals surface area (Å²) >= 11 is 0. The first-order valence-corrected chi connectivity index (χ1v) is 3.34. The number of hydrogen-bond donors (Lipinski definition) is 3. The molecule has 1 fully saturated rings. The highest BCUT2D eigenvalue weighted by molar-refractivity contribution is 5.75. The summed E-state index contributed by atoms with van der Waals surface area (Å²) in [6.45, 7) is 0.273. The number of rotatable bonds is 2. The van der Waals surface area contributed by atoms with Crippen molar-refractivity contribution < 1.29 is 19.7 Å². The Morgan fingerprint density at radius 1 is 1.73 bits per heavy atom. The van der Waals surface area contributed by atoms with Crippen molar-refractivity contribution in [1.29, 1.82) is 0 Å². The average Bonchev–Trinajstić information content (AvgIpc) is 2.30. The van der Waals surface area contributed by atoms with Crippen molar-refractivity contribution in [2.75, 3.05) is 13.7 Å². The molecule has 1 saturated heterocycles. The number of β-amino-alcohol motifs (C(OH)–C–C–N with tert-alkyl or cyclic N) is 1. The van der Waals surface area contributed by atoms with E-state index in [4.69, 9.17) is 14.9 Å². The first kappa shape index (κ1) is 8.45. The zero-order valence-corrected chi connectivity index (χ0v) is 6.15. The smallest absolute Gasteiger partial charge is 0.323 e. The number of ether oxygens (including phenoxy) is 1. The van der Waals surface area contributed by atoms with Crippen LogP contribution in [0.2, 0.25) is 0 Å². The van der Waals surface area contributed by atoms with E-state index in [1.165, 1.54) is 7.11 Å². The Bertz CT molecular complexity index is 161. The monoisotopic (exact) mass is 161 g/mol. The lowest BCUT2D eigenvalue weighted by Crippen LogP contribution is -2.41. The van der Waals surface area contributed by atoms with Crippen LogP contribution in [-0.4, -0.2) is 48.1 Å². The van der Waals surface area contributed by atoms with Gasteiger partial charge in [0.1, 0.15) is 12.1 Å². The maximum Gasteiger partial charge on any atom is 0.323 e. The zero-order valence-electron chi connectivity index (χ0n) is 6.15. The molecule has 1 aliphatic rings. The molecule has 0 amide bonds. The third-order valence-electron chi connectivity index (χ3n) is 1.79. The molecule has 64 valence electrons. The zero-order chi connectivity index (χ0) is 8.43. The number of nitrogens with one attached hydrogen (secondary N) is 1. The molecule has 11 heavy (non-hydrogen) atoms. The molecule has 0 saturated carbocycles. The first-order chi connectivity index (χ1) is 5.16. The fourth-order valence-corrected chi connectivity index (χ4v) is 1.22. The van der Waals surface area contributed by atoms with Crippen molar-refractivity contribution in [1.82, 2.24) is 5.32 Å². The van der Waals surface area contributed by atoms with E-state index >= 15 is 0 Å². The molecule has 0 aromatic carbocycles. The standard InChI is InChI=1S/C6H11NO4/c1-11-5-3(8)2-7-4(5)6(9)10/h3-5,7-8H,2H2,1H3,(H,9,10)/t3-,4+,5-/m1/s1. The van der Waals surface area contributed by atoms with Gasteiger partial charge in [0.2, 0.25) is 0 Å². The molecule has 1 aliphatic heterocycles. The maximum atomic E-state index is 10.5. The minimum absolute atomic E-state index is 0.273. The highest BCUT2D eigenvalue weighted by Crippen LogP contribution is 2.11. The van der Waals surface area contributed by atoms with E-state index < -0.39 is 24.2 Å². The Labute approximate surface area is 64.0 Å². The summed E-state index contributed by atoms with van der Waals surface area (Å²) in [4.78, 5) is 10.5. The highest BCUT2D eigenvalue weighted by Gasteiger charge is 2.39. The molecular weight excluding hydrogens is 150 g/mol. The van der Waals surface area contributed by atoms with Gasteiger partial charge in [0.15, 0.2) is 0 Å². The van der Waals surface area contributed by atoms with E-state index in [2.05, 4.69) is 5.32 Å². The second-order valence-electron chi connectivity index (χ2n) is 2.49. The lowest BCUT2D eigenvalue weighted by atomic mass is 10.1. The number of carboxylic acid groups (broad SMARTS) is 1.